The van der Waals surface area contributed by atoms with E-state index in [1.165, 1.54) is 0 Å². The van der Waals surface area contributed by atoms with Crippen LogP contribution in [0.3, 0.4) is 0 Å². The van der Waals surface area contributed by atoms with Crippen molar-refractivity contribution in [3.8, 4) is 0 Å². The number of nitrogens with zero attached hydrogens (tertiary/aromatic N) is 1. The van der Waals surface area contributed by atoms with E-state index >= 15 is 0 Å². The number of amides is 3. The number of hydrogen-bond donors (Lipinski definition) is 3. The molecule has 27 heavy (non-hydrogen) atoms. The predicted molar refractivity (Wildman–Crippen MR) is 99.0 cm³/mol. The lowest BCUT2D eigenvalue weighted by molar-refractivity contribution is -0.136. The fraction of sp³-hybridized carbons (Fsp3) is 0.550. The van der Waals surface area contributed by atoms with E-state index in [9.17, 15) is 19.5 Å². The third kappa shape index (κ3) is 3.56. The van der Waals surface area contributed by atoms with E-state index < -0.39 is 6.04 Å². The number of carbonyl (C=O) groups is 3. The standard InChI is InChI=1S/C20H25N3O4/c24-13-4-1-3-12(7-8-13)21-16-6-2-5-14-15(16)11-23(20(14)27)17-9-10-18(25)22-19(17)26/h2,5-6,12-13,17,21,24H,1,3-4,7-11H2,(H,22,25,26). The average molecular weight is 371 g/mol. The van der Waals surface area contributed by atoms with Crippen LogP contribution in [-0.2, 0) is 16.1 Å². The highest BCUT2D eigenvalue weighted by Crippen LogP contribution is 2.33. The predicted octanol–water partition coefficient (Wildman–Crippen LogP) is 1.55. The number of aliphatic hydroxyl groups is 1. The molecule has 0 radical (unpaired) electrons. The number of imide groups is 1. The molecule has 3 aliphatic rings. The number of anilines is 1. The van der Waals surface area contributed by atoms with E-state index in [1.54, 1.807) is 11.0 Å². The molecule has 7 heteroatoms. The summed E-state index contributed by atoms with van der Waals surface area (Å²) in [5.41, 5.74) is 2.47. The quantitative estimate of drug-likeness (QED) is 0.553. The summed E-state index contributed by atoms with van der Waals surface area (Å²) in [6.45, 7) is 0.374. The highest BCUT2D eigenvalue weighted by Gasteiger charge is 2.40. The third-order valence-corrected chi connectivity index (χ3v) is 5.88. The van der Waals surface area contributed by atoms with Crippen molar-refractivity contribution in [3.05, 3.63) is 29.3 Å². The maximum atomic E-state index is 12.9. The molecular weight excluding hydrogens is 346 g/mol. The molecule has 1 aromatic rings. The zero-order valence-corrected chi connectivity index (χ0v) is 15.2. The lowest BCUT2D eigenvalue weighted by Gasteiger charge is -2.29. The first-order valence-electron chi connectivity index (χ1n) is 9.74. The molecule has 3 atom stereocenters. The van der Waals surface area contributed by atoms with Gasteiger partial charge in [0.05, 0.1) is 6.10 Å². The smallest absolute Gasteiger partial charge is 0.255 e. The molecule has 0 spiro atoms. The van der Waals surface area contributed by atoms with Crippen molar-refractivity contribution < 1.29 is 19.5 Å². The van der Waals surface area contributed by atoms with Crippen LogP contribution in [0.5, 0.6) is 0 Å². The van der Waals surface area contributed by atoms with Gasteiger partial charge in [0.15, 0.2) is 0 Å². The van der Waals surface area contributed by atoms with Gasteiger partial charge in [-0.1, -0.05) is 6.07 Å². The fourth-order valence-corrected chi connectivity index (χ4v) is 4.37. The van der Waals surface area contributed by atoms with Crippen molar-refractivity contribution in [2.24, 2.45) is 0 Å². The highest BCUT2D eigenvalue weighted by atomic mass is 16.3. The van der Waals surface area contributed by atoms with Crippen LogP contribution in [0.4, 0.5) is 5.69 Å². The molecule has 144 valence electrons. The average Bonchev–Trinajstić information content (AvgIpc) is 2.83. The number of rotatable bonds is 3. The summed E-state index contributed by atoms with van der Waals surface area (Å²) in [6, 6.07) is 5.31. The Morgan fingerprint density at radius 2 is 1.93 bits per heavy atom. The Morgan fingerprint density at radius 1 is 1.07 bits per heavy atom. The van der Waals surface area contributed by atoms with E-state index in [1.807, 2.05) is 12.1 Å². The number of benzene rings is 1. The van der Waals surface area contributed by atoms with Crippen LogP contribution in [0.15, 0.2) is 18.2 Å². The third-order valence-electron chi connectivity index (χ3n) is 5.88. The van der Waals surface area contributed by atoms with Gasteiger partial charge in [0.2, 0.25) is 11.8 Å². The van der Waals surface area contributed by atoms with Crippen molar-refractivity contribution >= 4 is 23.4 Å². The van der Waals surface area contributed by atoms with Gasteiger partial charge in [-0.3, -0.25) is 19.7 Å². The molecule has 1 saturated heterocycles. The number of hydrogen-bond acceptors (Lipinski definition) is 5. The van der Waals surface area contributed by atoms with Crippen molar-refractivity contribution in [2.75, 3.05) is 5.32 Å². The monoisotopic (exact) mass is 371 g/mol. The van der Waals surface area contributed by atoms with E-state index in [2.05, 4.69) is 10.6 Å². The Balaban J connectivity index is 1.52. The van der Waals surface area contributed by atoms with Gasteiger partial charge < -0.3 is 15.3 Å². The van der Waals surface area contributed by atoms with Gasteiger partial charge >= 0.3 is 0 Å². The Bertz CT molecular complexity index is 778. The molecule has 1 aliphatic carbocycles. The van der Waals surface area contributed by atoms with E-state index in [0.29, 0.717) is 18.5 Å². The molecule has 2 fully saturated rings. The van der Waals surface area contributed by atoms with E-state index in [-0.39, 0.29) is 36.3 Å². The SMILES string of the molecule is O=C1CCC(N2Cc3c(NC4CCCC(O)CC4)cccc3C2=O)C(=O)N1. The van der Waals surface area contributed by atoms with E-state index in [4.69, 9.17) is 0 Å². The Morgan fingerprint density at radius 3 is 2.74 bits per heavy atom. The topological polar surface area (TPSA) is 98.7 Å². The molecule has 3 N–H and O–H groups in total. The molecule has 1 saturated carbocycles. The number of nitrogens with one attached hydrogen (secondary N) is 2. The number of aliphatic hydroxyl groups excluding tert-OH is 1. The van der Waals surface area contributed by atoms with Crippen molar-refractivity contribution in [1.82, 2.24) is 10.2 Å². The molecule has 4 rings (SSSR count). The molecule has 2 aliphatic heterocycles. The second-order valence-electron chi connectivity index (χ2n) is 7.73. The zero-order chi connectivity index (χ0) is 19.0. The van der Waals surface area contributed by atoms with Crippen LogP contribution in [0.2, 0.25) is 0 Å². The molecule has 1 aromatic carbocycles. The maximum absolute atomic E-state index is 12.9. The Hall–Kier alpha value is -2.41. The number of fused-ring (bicyclic) bond motifs is 1. The Kier molecular flexibility index (Phi) is 4.86. The molecule has 2 heterocycles. The van der Waals surface area contributed by atoms with Crippen LogP contribution in [0.25, 0.3) is 0 Å². The van der Waals surface area contributed by atoms with Crippen molar-refractivity contribution in [1.29, 1.82) is 0 Å². The fourth-order valence-electron chi connectivity index (χ4n) is 4.37. The van der Waals surface area contributed by atoms with Gasteiger partial charge in [-0.05, 0) is 50.7 Å². The van der Waals surface area contributed by atoms with Gasteiger partial charge in [-0.15, -0.1) is 0 Å². The number of carbonyl (C=O) groups excluding carboxylic acids is 3. The summed E-state index contributed by atoms with van der Waals surface area (Å²) in [6.07, 6.45) is 4.90. The summed E-state index contributed by atoms with van der Waals surface area (Å²) in [5.74, 6) is -0.822. The summed E-state index contributed by atoms with van der Waals surface area (Å²) in [5, 5.41) is 15.7. The minimum absolute atomic E-state index is 0.153. The summed E-state index contributed by atoms with van der Waals surface area (Å²) in [7, 11) is 0. The number of piperidine rings is 1. The minimum Gasteiger partial charge on any atom is -0.393 e. The van der Waals surface area contributed by atoms with Crippen LogP contribution in [0, 0.1) is 0 Å². The first-order valence-corrected chi connectivity index (χ1v) is 9.74. The van der Waals surface area contributed by atoms with Crippen LogP contribution in [0.1, 0.15) is 60.9 Å². The zero-order valence-electron chi connectivity index (χ0n) is 15.2. The lowest BCUT2D eigenvalue weighted by atomic mass is 10.0. The van der Waals surface area contributed by atoms with E-state index in [0.717, 1.165) is 43.4 Å². The lowest BCUT2D eigenvalue weighted by Crippen LogP contribution is -2.52. The second kappa shape index (κ2) is 7.31. The molecule has 7 nitrogen and oxygen atoms in total. The van der Waals surface area contributed by atoms with Crippen LogP contribution < -0.4 is 10.6 Å². The van der Waals surface area contributed by atoms with Crippen molar-refractivity contribution in [2.45, 2.75) is 69.7 Å². The Labute approximate surface area is 158 Å². The minimum atomic E-state index is -0.594. The van der Waals surface area contributed by atoms with Gasteiger partial charge in [-0.2, -0.15) is 0 Å². The van der Waals surface area contributed by atoms with Gasteiger partial charge in [0.1, 0.15) is 6.04 Å². The molecule has 3 unspecified atom stereocenters. The molecule has 0 bridgehead atoms. The van der Waals surface area contributed by atoms with Crippen LogP contribution >= 0.6 is 0 Å². The molecular formula is C20H25N3O4. The summed E-state index contributed by atoms with van der Waals surface area (Å²) in [4.78, 5) is 38.0. The van der Waals surface area contributed by atoms with Crippen molar-refractivity contribution in [3.63, 3.8) is 0 Å². The summed E-state index contributed by atoms with van der Waals surface area (Å²) >= 11 is 0. The highest BCUT2D eigenvalue weighted by molar-refractivity contribution is 6.06. The normalized spacial score (nSPS) is 28.6. The molecule has 3 amide bonds. The van der Waals surface area contributed by atoms with Gasteiger partial charge in [-0.25, -0.2) is 0 Å². The maximum Gasteiger partial charge on any atom is 0.255 e. The first-order chi connectivity index (χ1) is 13.0. The summed E-state index contributed by atoms with van der Waals surface area (Å²) < 4.78 is 0. The first kappa shape index (κ1) is 18.0. The van der Waals surface area contributed by atoms with Crippen LogP contribution in [-0.4, -0.2) is 45.9 Å². The van der Waals surface area contributed by atoms with Gasteiger partial charge in [0.25, 0.3) is 5.91 Å². The van der Waals surface area contributed by atoms with Gasteiger partial charge in [0, 0.05) is 35.8 Å². The second-order valence-corrected chi connectivity index (χ2v) is 7.73. The largest absolute Gasteiger partial charge is 0.393 e. The molecule has 0 aromatic heterocycles.